The molecule has 1 aromatic rings. The van der Waals surface area contributed by atoms with Gasteiger partial charge in [-0.2, -0.15) is 0 Å². The second kappa shape index (κ2) is 4.45. The third-order valence-electron chi connectivity index (χ3n) is 1.10. The van der Waals surface area contributed by atoms with Crippen LogP contribution in [0.5, 0.6) is 0 Å². The number of rotatable bonds is 3. The van der Waals surface area contributed by atoms with Crippen LogP contribution in [0.25, 0.3) is 0 Å². The molecule has 1 heterocycles. The molecule has 0 aliphatic rings. The molecule has 0 radical (unpaired) electrons. The van der Waals surface area contributed by atoms with Crippen molar-refractivity contribution in [2.75, 3.05) is 13.2 Å². The van der Waals surface area contributed by atoms with Crippen LogP contribution < -0.4 is 0 Å². The van der Waals surface area contributed by atoms with E-state index >= 15 is 0 Å². The first-order valence-corrected chi connectivity index (χ1v) is 4.47. The highest BCUT2D eigenvalue weighted by Gasteiger charge is 2.08. The van der Waals surface area contributed by atoms with Gasteiger partial charge < -0.3 is 9.84 Å². The van der Waals surface area contributed by atoms with Crippen molar-refractivity contribution in [3.8, 4) is 0 Å². The molecule has 0 aliphatic carbocycles. The number of aliphatic hydroxyl groups is 1. The van der Waals surface area contributed by atoms with E-state index in [2.05, 4.69) is 4.74 Å². The molecule has 0 fully saturated rings. The van der Waals surface area contributed by atoms with E-state index in [0.29, 0.717) is 9.21 Å². The Balaban J connectivity index is 2.53. The molecule has 0 spiro atoms. The van der Waals surface area contributed by atoms with Crippen LogP contribution in [0.1, 0.15) is 9.67 Å². The van der Waals surface area contributed by atoms with Crippen molar-refractivity contribution in [2.24, 2.45) is 0 Å². The van der Waals surface area contributed by atoms with Gasteiger partial charge in [-0.05, 0) is 12.1 Å². The molecule has 0 aliphatic heterocycles. The third-order valence-corrected chi connectivity index (χ3v) is 2.31. The quantitative estimate of drug-likeness (QED) is 0.764. The minimum Gasteiger partial charge on any atom is -0.459 e. The number of halogens is 1. The SMILES string of the molecule is O=C(OCCO)c1ccc(Cl)s1. The summed E-state index contributed by atoms with van der Waals surface area (Å²) in [7, 11) is 0. The van der Waals surface area contributed by atoms with E-state index in [4.69, 9.17) is 16.7 Å². The van der Waals surface area contributed by atoms with E-state index < -0.39 is 5.97 Å². The summed E-state index contributed by atoms with van der Waals surface area (Å²) in [6.07, 6.45) is 0. The maximum absolute atomic E-state index is 11.0. The Kier molecular flexibility index (Phi) is 3.52. The van der Waals surface area contributed by atoms with Gasteiger partial charge >= 0.3 is 5.97 Å². The zero-order valence-corrected chi connectivity index (χ0v) is 7.69. The van der Waals surface area contributed by atoms with Crippen molar-refractivity contribution < 1.29 is 14.6 Å². The molecule has 0 aromatic carbocycles. The van der Waals surface area contributed by atoms with E-state index in [-0.39, 0.29) is 13.2 Å². The maximum Gasteiger partial charge on any atom is 0.348 e. The molecule has 12 heavy (non-hydrogen) atoms. The second-order valence-corrected chi connectivity index (χ2v) is 3.68. The molecule has 3 nitrogen and oxygen atoms in total. The van der Waals surface area contributed by atoms with Gasteiger partial charge in [0.1, 0.15) is 11.5 Å². The molecule has 0 saturated heterocycles. The molecule has 1 N–H and O–H groups in total. The lowest BCUT2D eigenvalue weighted by molar-refractivity contribution is 0.0439. The molecule has 1 rings (SSSR count). The van der Waals surface area contributed by atoms with Gasteiger partial charge in [0.2, 0.25) is 0 Å². The third kappa shape index (κ3) is 2.48. The van der Waals surface area contributed by atoms with Crippen molar-refractivity contribution in [1.82, 2.24) is 0 Å². The summed E-state index contributed by atoms with van der Waals surface area (Å²) in [5, 5.41) is 8.37. The van der Waals surface area contributed by atoms with E-state index in [0.717, 1.165) is 11.3 Å². The average molecular weight is 207 g/mol. The molecular formula is C7H7ClO3S. The van der Waals surface area contributed by atoms with Crippen LogP contribution in [0.15, 0.2) is 12.1 Å². The molecule has 66 valence electrons. The zero-order chi connectivity index (χ0) is 8.97. The van der Waals surface area contributed by atoms with E-state index in [1.165, 1.54) is 0 Å². The normalized spacial score (nSPS) is 9.83. The van der Waals surface area contributed by atoms with E-state index in [1.54, 1.807) is 12.1 Å². The number of carbonyl (C=O) groups excluding carboxylic acids is 1. The Labute approximate surface area is 78.5 Å². The van der Waals surface area contributed by atoms with Gasteiger partial charge in [-0.1, -0.05) is 11.6 Å². The molecule has 0 saturated carbocycles. The fraction of sp³-hybridized carbons (Fsp3) is 0.286. The first-order valence-electron chi connectivity index (χ1n) is 3.27. The summed E-state index contributed by atoms with van der Waals surface area (Å²) in [4.78, 5) is 11.5. The Morgan fingerprint density at radius 2 is 2.42 bits per heavy atom. The number of aliphatic hydroxyl groups excluding tert-OH is 1. The van der Waals surface area contributed by atoms with Crippen LogP contribution in [0.3, 0.4) is 0 Å². The first kappa shape index (κ1) is 9.51. The Morgan fingerprint density at radius 1 is 1.67 bits per heavy atom. The van der Waals surface area contributed by atoms with Crippen LogP contribution in [0, 0.1) is 0 Å². The van der Waals surface area contributed by atoms with Crippen LogP contribution >= 0.6 is 22.9 Å². The lowest BCUT2D eigenvalue weighted by atomic mass is 10.5. The van der Waals surface area contributed by atoms with Crippen LogP contribution in [-0.2, 0) is 4.74 Å². The number of hydrogen-bond donors (Lipinski definition) is 1. The Hall–Kier alpha value is -0.580. The number of carbonyl (C=O) groups is 1. The minimum absolute atomic E-state index is 0.0222. The highest BCUT2D eigenvalue weighted by Crippen LogP contribution is 2.21. The number of esters is 1. The molecule has 0 amide bonds. The van der Waals surface area contributed by atoms with Gasteiger partial charge in [-0.3, -0.25) is 0 Å². The summed E-state index contributed by atoms with van der Waals surface area (Å²) in [6.45, 7) is -0.140. The topological polar surface area (TPSA) is 46.5 Å². The van der Waals surface area contributed by atoms with Gasteiger partial charge in [0.05, 0.1) is 10.9 Å². The van der Waals surface area contributed by atoms with Crippen LogP contribution in [0.2, 0.25) is 4.34 Å². The fourth-order valence-corrected chi connectivity index (χ4v) is 1.57. The molecular weight excluding hydrogens is 200 g/mol. The van der Waals surface area contributed by atoms with Gasteiger partial charge in [-0.15, -0.1) is 11.3 Å². The average Bonchev–Trinajstić information content (AvgIpc) is 2.47. The molecule has 0 bridgehead atoms. The van der Waals surface area contributed by atoms with E-state index in [9.17, 15) is 4.79 Å². The molecule has 0 atom stereocenters. The Bertz CT molecular complexity index is 271. The molecule has 5 heteroatoms. The molecule has 0 unspecified atom stereocenters. The van der Waals surface area contributed by atoms with Gasteiger partial charge in [0.25, 0.3) is 0 Å². The molecule has 1 aromatic heterocycles. The van der Waals surface area contributed by atoms with Gasteiger partial charge in [0, 0.05) is 0 Å². The largest absolute Gasteiger partial charge is 0.459 e. The first-order chi connectivity index (χ1) is 5.74. The monoisotopic (exact) mass is 206 g/mol. The summed E-state index contributed by atoms with van der Waals surface area (Å²) < 4.78 is 5.20. The fourth-order valence-electron chi connectivity index (χ4n) is 0.633. The van der Waals surface area contributed by atoms with Crippen molar-refractivity contribution in [3.63, 3.8) is 0 Å². The second-order valence-electron chi connectivity index (χ2n) is 1.96. The summed E-state index contributed by atoms with van der Waals surface area (Å²) in [5.74, 6) is -0.444. The van der Waals surface area contributed by atoms with Gasteiger partial charge in [0.15, 0.2) is 0 Å². The van der Waals surface area contributed by atoms with Crippen LogP contribution in [-0.4, -0.2) is 24.3 Å². The zero-order valence-electron chi connectivity index (χ0n) is 6.12. The number of hydrogen-bond acceptors (Lipinski definition) is 4. The predicted molar refractivity (Wildman–Crippen MR) is 46.7 cm³/mol. The van der Waals surface area contributed by atoms with Crippen molar-refractivity contribution in [1.29, 1.82) is 0 Å². The Morgan fingerprint density at radius 3 is 2.92 bits per heavy atom. The summed E-state index contributed by atoms with van der Waals surface area (Å²) >= 11 is 6.76. The van der Waals surface area contributed by atoms with Crippen molar-refractivity contribution in [2.45, 2.75) is 0 Å². The smallest absolute Gasteiger partial charge is 0.348 e. The lowest BCUT2D eigenvalue weighted by Gasteiger charge is -1.98. The minimum atomic E-state index is -0.444. The standard InChI is InChI=1S/C7H7ClO3S/c8-6-2-1-5(12-6)7(10)11-4-3-9/h1-2,9H,3-4H2. The maximum atomic E-state index is 11.0. The summed E-state index contributed by atoms with van der Waals surface area (Å²) in [5.41, 5.74) is 0. The van der Waals surface area contributed by atoms with E-state index in [1.807, 2.05) is 0 Å². The highest BCUT2D eigenvalue weighted by atomic mass is 35.5. The van der Waals surface area contributed by atoms with Crippen molar-refractivity contribution >= 4 is 28.9 Å². The lowest BCUT2D eigenvalue weighted by Crippen LogP contribution is -2.06. The summed E-state index contributed by atoms with van der Waals surface area (Å²) in [6, 6.07) is 3.22. The number of thiophene rings is 1. The van der Waals surface area contributed by atoms with Gasteiger partial charge in [-0.25, -0.2) is 4.79 Å². The number of ether oxygens (including phenoxy) is 1. The van der Waals surface area contributed by atoms with Crippen molar-refractivity contribution in [3.05, 3.63) is 21.3 Å². The van der Waals surface area contributed by atoms with Crippen LogP contribution in [0.4, 0.5) is 0 Å². The highest BCUT2D eigenvalue weighted by molar-refractivity contribution is 7.17. The predicted octanol–water partition coefficient (Wildman–Crippen LogP) is 1.55.